The Morgan fingerprint density at radius 2 is 2.04 bits per heavy atom. The Morgan fingerprint density at radius 3 is 2.61 bits per heavy atom. The normalized spacial score (nSPS) is 23.6. The van der Waals surface area contributed by atoms with Gasteiger partial charge in [-0.05, 0) is 5.57 Å². The van der Waals surface area contributed by atoms with Crippen LogP contribution in [0, 0.1) is 0 Å². The number of ether oxygens (including phenoxy) is 3. The molecule has 2 rings (SSSR count). The van der Waals surface area contributed by atoms with Crippen molar-refractivity contribution in [2.24, 2.45) is 0 Å². The molecule has 1 saturated heterocycles. The van der Waals surface area contributed by atoms with Crippen LogP contribution in [0.1, 0.15) is 20.1 Å². The fourth-order valence-electron chi connectivity index (χ4n) is 2.18. The van der Waals surface area contributed by atoms with Gasteiger partial charge in [0.2, 0.25) is 0 Å². The van der Waals surface area contributed by atoms with Crippen LogP contribution in [0.4, 0.5) is 0 Å². The Hall–Kier alpha value is -2.68. The minimum absolute atomic E-state index is 0.124. The topological polar surface area (TPSA) is 117 Å². The first-order chi connectivity index (χ1) is 10.8. The summed E-state index contributed by atoms with van der Waals surface area (Å²) in [4.78, 5) is 47.4. The van der Waals surface area contributed by atoms with Gasteiger partial charge in [0.25, 0.3) is 5.56 Å². The van der Waals surface area contributed by atoms with Crippen molar-refractivity contribution in [3.8, 4) is 0 Å². The van der Waals surface area contributed by atoms with Crippen molar-refractivity contribution in [2.75, 3.05) is 6.61 Å². The SMILES string of the molecule is C=C1C(COC(C)=O)OC(n2ccc(=O)[nH]c2=O)C1OC(C)=O. The van der Waals surface area contributed by atoms with Crippen LogP contribution in [0.15, 0.2) is 34.0 Å². The van der Waals surface area contributed by atoms with Crippen LogP contribution >= 0.6 is 0 Å². The molecule has 23 heavy (non-hydrogen) atoms. The number of H-pyrrole nitrogens is 1. The van der Waals surface area contributed by atoms with Crippen molar-refractivity contribution in [2.45, 2.75) is 32.3 Å². The van der Waals surface area contributed by atoms with Crippen LogP contribution in [0.5, 0.6) is 0 Å². The molecule has 0 amide bonds. The fourth-order valence-corrected chi connectivity index (χ4v) is 2.18. The zero-order valence-corrected chi connectivity index (χ0v) is 12.6. The number of nitrogens with one attached hydrogen (secondary N) is 1. The van der Waals surface area contributed by atoms with Gasteiger partial charge in [-0.2, -0.15) is 0 Å². The van der Waals surface area contributed by atoms with Crippen LogP contribution in [0.3, 0.4) is 0 Å². The quantitative estimate of drug-likeness (QED) is 0.585. The summed E-state index contributed by atoms with van der Waals surface area (Å²) in [5, 5.41) is 0. The van der Waals surface area contributed by atoms with Crippen molar-refractivity contribution < 1.29 is 23.8 Å². The van der Waals surface area contributed by atoms with Crippen molar-refractivity contribution in [1.82, 2.24) is 9.55 Å². The molecule has 1 aliphatic rings. The van der Waals surface area contributed by atoms with Gasteiger partial charge in [-0.15, -0.1) is 0 Å². The van der Waals surface area contributed by atoms with Gasteiger partial charge in [0.05, 0.1) is 0 Å². The summed E-state index contributed by atoms with van der Waals surface area (Å²) in [5.74, 6) is -1.09. The second kappa shape index (κ2) is 6.61. The molecule has 0 aliphatic carbocycles. The molecule has 3 unspecified atom stereocenters. The standard InChI is InChI=1S/C14H16N2O7/c1-7-10(6-21-8(2)17)23-13(12(7)22-9(3)18)16-5-4-11(19)15-14(16)20/h4-5,10,12-13H,1,6H2,2-3H3,(H,15,19,20). The van der Waals surface area contributed by atoms with Gasteiger partial charge in [-0.3, -0.25) is 23.9 Å². The lowest BCUT2D eigenvalue weighted by atomic mass is 10.1. The predicted molar refractivity (Wildman–Crippen MR) is 76.6 cm³/mol. The highest BCUT2D eigenvalue weighted by Gasteiger charge is 2.43. The van der Waals surface area contributed by atoms with Gasteiger partial charge >= 0.3 is 17.6 Å². The highest BCUT2D eigenvalue weighted by atomic mass is 16.6. The molecule has 0 saturated carbocycles. The molecule has 0 aromatic carbocycles. The van der Waals surface area contributed by atoms with Crippen molar-refractivity contribution in [3.63, 3.8) is 0 Å². The molecular weight excluding hydrogens is 308 g/mol. The third-order valence-electron chi connectivity index (χ3n) is 3.20. The Kier molecular flexibility index (Phi) is 4.80. The zero-order chi connectivity index (χ0) is 17.1. The molecule has 1 N–H and O–H groups in total. The highest BCUT2D eigenvalue weighted by Crippen LogP contribution is 2.34. The van der Waals surface area contributed by atoms with E-state index in [1.807, 2.05) is 0 Å². The molecular formula is C14H16N2O7. The van der Waals surface area contributed by atoms with Crippen LogP contribution in [-0.2, 0) is 23.8 Å². The largest absolute Gasteiger partial charge is 0.463 e. The number of esters is 2. The molecule has 1 aliphatic heterocycles. The fraction of sp³-hybridized carbons (Fsp3) is 0.429. The van der Waals surface area contributed by atoms with Crippen LogP contribution < -0.4 is 11.2 Å². The summed E-state index contributed by atoms with van der Waals surface area (Å²) in [6.07, 6.45) is -1.48. The average Bonchev–Trinajstić information content (AvgIpc) is 2.73. The molecule has 3 atom stereocenters. The lowest BCUT2D eigenvalue weighted by Crippen LogP contribution is -2.36. The maximum absolute atomic E-state index is 11.9. The maximum Gasteiger partial charge on any atom is 0.330 e. The van der Waals surface area contributed by atoms with Gasteiger partial charge in [0, 0.05) is 26.1 Å². The maximum atomic E-state index is 11.9. The van der Waals surface area contributed by atoms with Crippen LogP contribution in [-0.4, -0.2) is 40.3 Å². The molecule has 0 spiro atoms. The number of aromatic amines is 1. The molecule has 0 bridgehead atoms. The third kappa shape index (κ3) is 3.75. The summed E-state index contributed by atoms with van der Waals surface area (Å²) in [7, 11) is 0. The molecule has 1 aromatic rings. The number of rotatable bonds is 4. The molecule has 9 heteroatoms. The van der Waals surface area contributed by atoms with E-state index >= 15 is 0 Å². The number of hydrogen-bond donors (Lipinski definition) is 1. The van der Waals surface area contributed by atoms with E-state index in [4.69, 9.17) is 14.2 Å². The zero-order valence-electron chi connectivity index (χ0n) is 12.6. The van der Waals surface area contributed by atoms with E-state index in [2.05, 4.69) is 11.6 Å². The smallest absolute Gasteiger partial charge is 0.330 e. The van der Waals surface area contributed by atoms with E-state index in [0.29, 0.717) is 5.57 Å². The molecule has 9 nitrogen and oxygen atoms in total. The third-order valence-corrected chi connectivity index (χ3v) is 3.20. The van der Waals surface area contributed by atoms with Crippen molar-refractivity contribution >= 4 is 11.9 Å². The van der Waals surface area contributed by atoms with Crippen molar-refractivity contribution in [3.05, 3.63) is 45.3 Å². The van der Waals surface area contributed by atoms with E-state index in [1.165, 1.54) is 20.0 Å². The molecule has 0 radical (unpaired) electrons. The van der Waals surface area contributed by atoms with E-state index in [1.54, 1.807) is 0 Å². The predicted octanol–water partition coefficient (Wildman–Crippen LogP) is -0.515. The number of carbonyl (C=O) groups is 2. The van der Waals surface area contributed by atoms with E-state index in [0.717, 1.165) is 10.6 Å². The van der Waals surface area contributed by atoms with E-state index in [9.17, 15) is 19.2 Å². The Bertz CT molecular complexity index is 748. The number of nitrogens with zero attached hydrogens (tertiary/aromatic N) is 1. The highest BCUT2D eigenvalue weighted by molar-refractivity contribution is 5.67. The van der Waals surface area contributed by atoms with Crippen LogP contribution in [0.25, 0.3) is 0 Å². The average molecular weight is 324 g/mol. The second-order valence-electron chi connectivity index (χ2n) is 4.94. The Balaban J connectivity index is 2.32. The first-order valence-corrected chi connectivity index (χ1v) is 6.76. The van der Waals surface area contributed by atoms with Gasteiger partial charge in [0.15, 0.2) is 12.3 Å². The lowest BCUT2D eigenvalue weighted by Gasteiger charge is -2.20. The summed E-state index contributed by atoms with van der Waals surface area (Å²) in [6, 6.07) is 1.14. The number of hydrogen-bond acceptors (Lipinski definition) is 7. The molecule has 2 heterocycles. The van der Waals surface area contributed by atoms with Gasteiger partial charge in [0.1, 0.15) is 12.7 Å². The number of aromatic nitrogens is 2. The minimum atomic E-state index is -1.02. The molecule has 124 valence electrons. The minimum Gasteiger partial charge on any atom is -0.463 e. The van der Waals surface area contributed by atoms with Gasteiger partial charge in [-0.25, -0.2) is 4.79 Å². The summed E-state index contributed by atoms with van der Waals surface area (Å²) < 4.78 is 16.7. The summed E-state index contributed by atoms with van der Waals surface area (Å²) in [6.45, 7) is 6.11. The Labute approximate surface area is 130 Å². The van der Waals surface area contributed by atoms with Gasteiger partial charge in [-0.1, -0.05) is 6.58 Å². The first-order valence-electron chi connectivity index (χ1n) is 6.76. The summed E-state index contributed by atoms with van der Waals surface area (Å²) >= 11 is 0. The molecule has 1 fully saturated rings. The van der Waals surface area contributed by atoms with E-state index in [-0.39, 0.29) is 6.61 Å². The lowest BCUT2D eigenvalue weighted by molar-refractivity contribution is -0.152. The molecule has 1 aromatic heterocycles. The summed E-state index contributed by atoms with van der Waals surface area (Å²) in [5.41, 5.74) is -0.936. The monoisotopic (exact) mass is 324 g/mol. The Morgan fingerprint density at radius 1 is 1.35 bits per heavy atom. The second-order valence-corrected chi connectivity index (χ2v) is 4.94. The first kappa shape index (κ1) is 16.7. The van der Waals surface area contributed by atoms with E-state index < -0.39 is 41.6 Å². The van der Waals surface area contributed by atoms with Gasteiger partial charge < -0.3 is 14.2 Å². The van der Waals surface area contributed by atoms with Crippen molar-refractivity contribution in [1.29, 1.82) is 0 Å². The number of carbonyl (C=O) groups excluding carboxylic acids is 2. The van der Waals surface area contributed by atoms with Crippen LogP contribution in [0.2, 0.25) is 0 Å².